The monoisotopic (exact) mass is 274 g/mol. The van der Waals surface area contributed by atoms with Crippen LogP contribution in [0.3, 0.4) is 0 Å². The lowest BCUT2D eigenvalue weighted by atomic mass is 10.2. The zero-order valence-corrected chi connectivity index (χ0v) is 10.3. The molecule has 0 amide bonds. The third-order valence-corrected chi connectivity index (χ3v) is 2.61. The molecule has 0 aromatic heterocycles. The number of nitrogens with zero attached hydrogens (tertiary/aromatic N) is 2. The fourth-order valence-electron chi connectivity index (χ4n) is 1.44. The SMILES string of the molecule is N#Cc1ccc(Oc2cccc([N+](=O)[O-])c2)c(Cl)c1. The summed E-state index contributed by atoms with van der Waals surface area (Å²) in [7, 11) is 0. The average molecular weight is 275 g/mol. The van der Waals surface area contributed by atoms with Crippen molar-refractivity contribution < 1.29 is 9.66 Å². The summed E-state index contributed by atoms with van der Waals surface area (Å²) in [4.78, 5) is 10.1. The van der Waals surface area contributed by atoms with Crippen molar-refractivity contribution in [3.8, 4) is 17.6 Å². The normalized spacial score (nSPS) is 9.68. The van der Waals surface area contributed by atoms with E-state index in [0.29, 0.717) is 17.1 Å². The molecule has 0 heterocycles. The Hall–Kier alpha value is -2.58. The van der Waals surface area contributed by atoms with E-state index in [9.17, 15) is 10.1 Å². The van der Waals surface area contributed by atoms with Crippen LogP contribution in [0.5, 0.6) is 11.5 Å². The van der Waals surface area contributed by atoms with Gasteiger partial charge in [-0.2, -0.15) is 5.26 Å². The second-order valence-electron chi connectivity index (χ2n) is 3.61. The van der Waals surface area contributed by atoms with Gasteiger partial charge in [-0.15, -0.1) is 0 Å². The lowest BCUT2D eigenvalue weighted by molar-refractivity contribution is -0.384. The Morgan fingerprint density at radius 2 is 2.05 bits per heavy atom. The maximum atomic E-state index is 10.6. The molecule has 0 saturated carbocycles. The first-order valence-electron chi connectivity index (χ1n) is 5.22. The number of hydrogen-bond donors (Lipinski definition) is 0. The van der Waals surface area contributed by atoms with E-state index in [1.807, 2.05) is 6.07 Å². The first-order chi connectivity index (χ1) is 9.10. The molecule has 0 radical (unpaired) electrons. The molecule has 2 aromatic rings. The average Bonchev–Trinajstić information content (AvgIpc) is 2.41. The number of nitro groups is 1. The third-order valence-electron chi connectivity index (χ3n) is 2.32. The minimum absolute atomic E-state index is 0.0673. The summed E-state index contributed by atoms with van der Waals surface area (Å²) in [5.41, 5.74) is 0.346. The molecular weight excluding hydrogens is 268 g/mol. The van der Waals surface area contributed by atoms with Crippen molar-refractivity contribution in [1.82, 2.24) is 0 Å². The molecule has 5 nitrogen and oxygen atoms in total. The predicted octanol–water partition coefficient (Wildman–Crippen LogP) is 3.91. The molecule has 0 N–H and O–H groups in total. The van der Waals surface area contributed by atoms with Crippen molar-refractivity contribution in [3.63, 3.8) is 0 Å². The summed E-state index contributed by atoms with van der Waals surface area (Å²) >= 11 is 5.95. The summed E-state index contributed by atoms with van der Waals surface area (Å²) in [5, 5.41) is 19.6. The van der Waals surface area contributed by atoms with Gasteiger partial charge in [0.15, 0.2) is 0 Å². The zero-order chi connectivity index (χ0) is 13.8. The van der Waals surface area contributed by atoms with Gasteiger partial charge in [-0.3, -0.25) is 10.1 Å². The van der Waals surface area contributed by atoms with Gasteiger partial charge in [-0.25, -0.2) is 0 Å². The van der Waals surface area contributed by atoms with E-state index in [1.54, 1.807) is 18.2 Å². The van der Waals surface area contributed by atoms with Crippen LogP contribution in [0.2, 0.25) is 5.02 Å². The van der Waals surface area contributed by atoms with E-state index in [0.717, 1.165) is 0 Å². The molecule has 0 bridgehead atoms. The van der Waals surface area contributed by atoms with E-state index < -0.39 is 4.92 Å². The second-order valence-corrected chi connectivity index (χ2v) is 4.02. The maximum absolute atomic E-state index is 10.6. The molecule has 0 spiro atoms. The van der Waals surface area contributed by atoms with Gasteiger partial charge in [-0.1, -0.05) is 17.7 Å². The summed E-state index contributed by atoms with van der Waals surface area (Å²) in [6.07, 6.45) is 0. The molecule has 94 valence electrons. The van der Waals surface area contributed by atoms with Gasteiger partial charge in [0.05, 0.1) is 27.6 Å². The largest absolute Gasteiger partial charge is 0.456 e. The highest BCUT2D eigenvalue weighted by Gasteiger charge is 2.09. The molecular formula is C13H7ClN2O3. The van der Waals surface area contributed by atoms with Crippen molar-refractivity contribution in [1.29, 1.82) is 5.26 Å². The Kier molecular flexibility index (Phi) is 3.64. The first kappa shape index (κ1) is 12.9. The zero-order valence-electron chi connectivity index (χ0n) is 9.54. The molecule has 19 heavy (non-hydrogen) atoms. The predicted molar refractivity (Wildman–Crippen MR) is 69.3 cm³/mol. The van der Waals surface area contributed by atoms with E-state index in [4.69, 9.17) is 21.6 Å². The van der Waals surface area contributed by atoms with Crippen LogP contribution in [-0.4, -0.2) is 4.92 Å². The van der Waals surface area contributed by atoms with Crippen LogP contribution < -0.4 is 4.74 Å². The summed E-state index contributed by atoms with van der Waals surface area (Å²) in [5.74, 6) is 0.641. The van der Waals surface area contributed by atoms with Crippen LogP contribution in [0.4, 0.5) is 5.69 Å². The first-order valence-corrected chi connectivity index (χ1v) is 5.60. The van der Waals surface area contributed by atoms with E-state index in [-0.39, 0.29) is 10.7 Å². The minimum atomic E-state index is -0.507. The van der Waals surface area contributed by atoms with E-state index in [2.05, 4.69) is 0 Å². The standard InChI is InChI=1S/C13H7ClN2O3/c14-12-6-9(8-15)4-5-13(12)19-11-3-1-2-10(7-11)16(17)18/h1-7H. The molecule has 0 aliphatic rings. The number of nitro benzene ring substituents is 1. The van der Waals surface area contributed by atoms with Crippen LogP contribution in [0.15, 0.2) is 42.5 Å². The molecule has 0 atom stereocenters. The molecule has 6 heteroatoms. The van der Waals surface area contributed by atoms with Gasteiger partial charge in [0.2, 0.25) is 0 Å². The van der Waals surface area contributed by atoms with Crippen molar-refractivity contribution in [2.45, 2.75) is 0 Å². The van der Waals surface area contributed by atoms with Crippen LogP contribution in [0, 0.1) is 21.4 Å². The van der Waals surface area contributed by atoms with Crippen LogP contribution in [-0.2, 0) is 0 Å². The quantitative estimate of drug-likeness (QED) is 0.628. The summed E-state index contributed by atoms with van der Waals surface area (Å²) in [6.45, 7) is 0. The highest BCUT2D eigenvalue weighted by atomic mass is 35.5. The Labute approximate surface area is 113 Å². The lowest BCUT2D eigenvalue weighted by Gasteiger charge is -2.07. The fourth-order valence-corrected chi connectivity index (χ4v) is 1.66. The molecule has 0 unspecified atom stereocenters. The van der Waals surface area contributed by atoms with Crippen LogP contribution in [0.25, 0.3) is 0 Å². The molecule has 0 fully saturated rings. The number of rotatable bonds is 3. The smallest absolute Gasteiger partial charge is 0.273 e. The minimum Gasteiger partial charge on any atom is -0.456 e. The number of nitriles is 1. The molecule has 2 rings (SSSR count). The molecule has 0 aliphatic carbocycles. The Morgan fingerprint density at radius 1 is 1.26 bits per heavy atom. The highest BCUT2D eigenvalue weighted by molar-refractivity contribution is 6.32. The van der Waals surface area contributed by atoms with Gasteiger partial charge >= 0.3 is 0 Å². The van der Waals surface area contributed by atoms with Crippen molar-refractivity contribution in [3.05, 3.63) is 63.2 Å². The van der Waals surface area contributed by atoms with Gasteiger partial charge in [0.25, 0.3) is 5.69 Å². The van der Waals surface area contributed by atoms with Crippen LogP contribution >= 0.6 is 11.6 Å². The topological polar surface area (TPSA) is 76.2 Å². The maximum Gasteiger partial charge on any atom is 0.273 e. The van der Waals surface area contributed by atoms with Gasteiger partial charge in [0.1, 0.15) is 11.5 Å². The third kappa shape index (κ3) is 3.00. The molecule has 0 saturated heterocycles. The Morgan fingerprint density at radius 3 is 2.68 bits per heavy atom. The van der Waals surface area contributed by atoms with Crippen molar-refractivity contribution in [2.24, 2.45) is 0 Å². The summed E-state index contributed by atoms with van der Waals surface area (Å²) < 4.78 is 5.45. The van der Waals surface area contributed by atoms with Gasteiger partial charge < -0.3 is 4.74 Å². The Bertz CT molecular complexity index is 680. The summed E-state index contributed by atoms with van der Waals surface area (Å²) in [6, 6.07) is 12.3. The second kappa shape index (κ2) is 5.38. The number of hydrogen-bond acceptors (Lipinski definition) is 4. The number of non-ortho nitro benzene ring substituents is 1. The van der Waals surface area contributed by atoms with Crippen LogP contribution in [0.1, 0.15) is 5.56 Å². The number of benzene rings is 2. The lowest BCUT2D eigenvalue weighted by Crippen LogP contribution is -1.90. The Balaban J connectivity index is 2.29. The van der Waals surface area contributed by atoms with Crippen molar-refractivity contribution >= 4 is 17.3 Å². The van der Waals surface area contributed by atoms with Gasteiger partial charge in [-0.05, 0) is 24.3 Å². The molecule has 2 aromatic carbocycles. The number of halogens is 1. The fraction of sp³-hybridized carbons (Fsp3) is 0. The van der Waals surface area contributed by atoms with Gasteiger partial charge in [0, 0.05) is 6.07 Å². The highest BCUT2D eigenvalue weighted by Crippen LogP contribution is 2.31. The number of ether oxygens (including phenoxy) is 1. The van der Waals surface area contributed by atoms with E-state index in [1.165, 1.54) is 24.3 Å². The van der Waals surface area contributed by atoms with E-state index >= 15 is 0 Å². The molecule has 0 aliphatic heterocycles. The van der Waals surface area contributed by atoms with Crippen molar-refractivity contribution in [2.75, 3.05) is 0 Å².